The van der Waals surface area contributed by atoms with Crippen LogP contribution in [0.4, 0.5) is 0 Å². The van der Waals surface area contributed by atoms with E-state index in [0.717, 1.165) is 49.8 Å². The van der Waals surface area contributed by atoms with Crippen LogP contribution in [-0.4, -0.2) is 67.5 Å². The molecule has 0 aliphatic carbocycles. The van der Waals surface area contributed by atoms with Crippen molar-refractivity contribution in [2.24, 2.45) is 11.8 Å². The Bertz CT molecular complexity index is 1080. The highest BCUT2D eigenvalue weighted by Crippen LogP contribution is 2.26. The first-order valence-corrected chi connectivity index (χ1v) is 11.1. The molecule has 10 heteroatoms. The van der Waals surface area contributed by atoms with E-state index >= 15 is 0 Å². The van der Waals surface area contributed by atoms with E-state index in [1.165, 1.54) is 0 Å². The number of hydrogen-bond donors (Lipinski definition) is 3. The lowest BCUT2D eigenvalue weighted by Gasteiger charge is -2.19. The van der Waals surface area contributed by atoms with Crippen molar-refractivity contribution in [3.05, 3.63) is 47.9 Å². The fraction of sp³-hybridized carbons (Fsp3) is 0.500. The zero-order chi connectivity index (χ0) is 22.1. The number of H-pyrrole nitrogens is 1. The summed E-state index contributed by atoms with van der Waals surface area (Å²) in [5.41, 5.74) is 2.17. The average molecular weight is 437 g/mol. The second kappa shape index (κ2) is 8.79. The summed E-state index contributed by atoms with van der Waals surface area (Å²) in [4.78, 5) is 27.1. The van der Waals surface area contributed by atoms with Gasteiger partial charge in [-0.25, -0.2) is 14.5 Å². The molecule has 3 aromatic rings. The highest BCUT2D eigenvalue weighted by molar-refractivity contribution is 6.05. The molecule has 0 bridgehead atoms. The number of imidazole rings is 2. The van der Waals surface area contributed by atoms with Crippen LogP contribution in [0.2, 0.25) is 0 Å². The van der Waals surface area contributed by atoms with Crippen LogP contribution in [0.25, 0.3) is 5.65 Å². The van der Waals surface area contributed by atoms with E-state index in [9.17, 15) is 4.79 Å². The zero-order valence-corrected chi connectivity index (χ0v) is 18.1. The van der Waals surface area contributed by atoms with Crippen molar-refractivity contribution >= 4 is 17.4 Å². The molecule has 5 rings (SSSR count). The Kier molecular flexibility index (Phi) is 5.71. The number of aromatic amines is 1. The van der Waals surface area contributed by atoms with E-state index in [0.29, 0.717) is 24.7 Å². The number of amidine groups is 1. The van der Waals surface area contributed by atoms with Crippen LogP contribution in [0, 0.1) is 17.2 Å². The number of nitrogens with zero attached hydrogens (tertiary/aromatic N) is 5. The Balaban J connectivity index is 1.18. The van der Waals surface area contributed by atoms with Crippen LogP contribution in [0.1, 0.15) is 47.7 Å². The van der Waals surface area contributed by atoms with Crippen molar-refractivity contribution < 1.29 is 9.53 Å². The minimum Gasteiger partial charge on any atom is -0.381 e. The van der Waals surface area contributed by atoms with Gasteiger partial charge >= 0.3 is 0 Å². The van der Waals surface area contributed by atoms with Crippen LogP contribution < -0.4 is 5.32 Å². The summed E-state index contributed by atoms with van der Waals surface area (Å²) < 4.78 is 7.17. The predicted octanol–water partition coefficient (Wildman–Crippen LogP) is 1.82. The van der Waals surface area contributed by atoms with E-state index < -0.39 is 0 Å². The van der Waals surface area contributed by atoms with Crippen molar-refractivity contribution in [3.8, 4) is 0 Å². The first-order chi connectivity index (χ1) is 15.6. The molecule has 0 saturated carbocycles. The zero-order valence-electron chi connectivity index (χ0n) is 18.1. The van der Waals surface area contributed by atoms with Crippen LogP contribution in [0.3, 0.4) is 0 Å². The molecule has 10 nitrogen and oxygen atoms in total. The van der Waals surface area contributed by atoms with E-state index in [2.05, 4.69) is 37.2 Å². The number of nitrogens with one attached hydrogen (secondary N) is 3. The third kappa shape index (κ3) is 4.28. The topological polar surface area (TPSA) is 124 Å². The van der Waals surface area contributed by atoms with Gasteiger partial charge in [-0.3, -0.25) is 15.1 Å². The predicted molar refractivity (Wildman–Crippen MR) is 117 cm³/mol. The summed E-state index contributed by atoms with van der Waals surface area (Å²) >= 11 is 0. The van der Waals surface area contributed by atoms with Gasteiger partial charge in [0.05, 0.1) is 18.1 Å². The van der Waals surface area contributed by atoms with Gasteiger partial charge < -0.3 is 15.0 Å². The van der Waals surface area contributed by atoms with Gasteiger partial charge in [-0.05, 0) is 30.9 Å². The molecule has 168 valence electrons. The van der Waals surface area contributed by atoms with E-state index in [1.54, 1.807) is 16.9 Å². The van der Waals surface area contributed by atoms with Crippen LogP contribution in [-0.2, 0) is 11.3 Å². The number of rotatable bonds is 5. The van der Waals surface area contributed by atoms with Gasteiger partial charge in [0, 0.05) is 50.9 Å². The summed E-state index contributed by atoms with van der Waals surface area (Å²) in [5, 5.41) is 15.6. The molecule has 2 aliphatic heterocycles. The van der Waals surface area contributed by atoms with Gasteiger partial charge in [0.2, 0.25) is 0 Å². The maximum atomic E-state index is 12.7. The molecule has 1 amide bonds. The lowest BCUT2D eigenvalue weighted by molar-refractivity contribution is 0.0837. The Hall–Kier alpha value is -3.11. The van der Waals surface area contributed by atoms with E-state index in [4.69, 9.17) is 10.1 Å². The first kappa shape index (κ1) is 20.8. The third-order valence-electron chi connectivity index (χ3n) is 6.43. The summed E-state index contributed by atoms with van der Waals surface area (Å²) in [6.45, 7) is 5.81. The summed E-state index contributed by atoms with van der Waals surface area (Å²) in [7, 11) is 0. The molecule has 0 radical (unpaired) electrons. The molecule has 2 aliphatic rings. The summed E-state index contributed by atoms with van der Waals surface area (Å²) in [6, 6.07) is 3.80. The van der Waals surface area contributed by atoms with Crippen molar-refractivity contribution in [1.82, 2.24) is 34.8 Å². The monoisotopic (exact) mass is 436 g/mol. The van der Waals surface area contributed by atoms with E-state index in [1.807, 2.05) is 18.3 Å². The number of carbonyl (C=O) groups is 1. The minimum atomic E-state index is -0.308. The Morgan fingerprint density at radius 2 is 2.19 bits per heavy atom. The van der Waals surface area contributed by atoms with Crippen LogP contribution in [0.15, 0.2) is 30.7 Å². The third-order valence-corrected chi connectivity index (χ3v) is 6.43. The fourth-order valence-electron chi connectivity index (χ4n) is 4.67. The maximum absolute atomic E-state index is 12.7. The number of hydrogen-bond acceptors (Lipinski definition) is 7. The molecule has 2 fully saturated rings. The molecule has 5 heterocycles. The maximum Gasteiger partial charge on any atom is 0.274 e. The fourth-order valence-corrected chi connectivity index (χ4v) is 4.67. The number of amides is 1. The van der Waals surface area contributed by atoms with Gasteiger partial charge in [-0.1, -0.05) is 6.92 Å². The number of ether oxygens (including phenoxy) is 1. The molecule has 32 heavy (non-hydrogen) atoms. The summed E-state index contributed by atoms with van der Waals surface area (Å²) in [6.07, 6.45) is 7.05. The van der Waals surface area contributed by atoms with Gasteiger partial charge in [-0.2, -0.15) is 5.10 Å². The van der Waals surface area contributed by atoms with Gasteiger partial charge in [0.25, 0.3) is 5.91 Å². The lowest BCUT2D eigenvalue weighted by Crippen LogP contribution is -2.38. The van der Waals surface area contributed by atoms with Crippen molar-refractivity contribution in [3.63, 3.8) is 0 Å². The van der Waals surface area contributed by atoms with Crippen molar-refractivity contribution in [1.29, 1.82) is 5.41 Å². The largest absolute Gasteiger partial charge is 0.381 e. The average Bonchev–Trinajstić information content (AvgIpc) is 3.52. The minimum absolute atomic E-state index is 0.0352. The van der Waals surface area contributed by atoms with Gasteiger partial charge in [0.15, 0.2) is 5.65 Å². The van der Waals surface area contributed by atoms with Crippen LogP contribution >= 0.6 is 0 Å². The second-order valence-corrected chi connectivity index (χ2v) is 8.77. The molecular weight excluding hydrogens is 408 g/mol. The number of carbonyl (C=O) groups excluding carboxylic acids is 1. The second-order valence-electron chi connectivity index (χ2n) is 8.77. The smallest absolute Gasteiger partial charge is 0.274 e. The summed E-state index contributed by atoms with van der Waals surface area (Å²) in [5.74, 6) is 1.29. The molecule has 0 aromatic carbocycles. The SMILES string of the molecule is CC1CN(Cc2cn3ncccc3n2)CC1C(=N)NC(=O)c1cnc(C2CCOCC2)[nH]1. The van der Waals surface area contributed by atoms with Crippen LogP contribution in [0.5, 0.6) is 0 Å². The van der Waals surface area contributed by atoms with E-state index in [-0.39, 0.29) is 23.6 Å². The number of aromatic nitrogens is 5. The highest BCUT2D eigenvalue weighted by Gasteiger charge is 2.34. The molecule has 3 aromatic heterocycles. The first-order valence-electron chi connectivity index (χ1n) is 11.1. The highest BCUT2D eigenvalue weighted by atomic mass is 16.5. The van der Waals surface area contributed by atoms with Gasteiger partial charge in [-0.15, -0.1) is 0 Å². The molecule has 2 atom stereocenters. The molecule has 0 spiro atoms. The lowest BCUT2D eigenvalue weighted by atomic mass is 9.97. The Morgan fingerprint density at radius 3 is 3.00 bits per heavy atom. The number of fused-ring (bicyclic) bond motifs is 1. The molecule has 2 saturated heterocycles. The Labute approximate surface area is 185 Å². The normalized spacial score (nSPS) is 22.4. The van der Waals surface area contributed by atoms with Crippen molar-refractivity contribution in [2.45, 2.75) is 32.2 Å². The number of likely N-dealkylation sites (tertiary alicyclic amines) is 1. The standard InChI is InChI=1S/C22H28N8O2/c1-14-10-29(11-16-12-30-19(26-16)3-2-6-25-30)13-17(14)20(23)28-22(31)18-9-24-21(27-18)15-4-7-32-8-5-15/h2-3,6,9,12,14-15,17H,4-5,7-8,10-11,13H2,1H3,(H,24,27)(H2,23,28,31). The molecule has 2 unspecified atom stereocenters. The molecular formula is C22H28N8O2. The quantitative estimate of drug-likeness (QED) is 0.414. The van der Waals surface area contributed by atoms with Crippen molar-refractivity contribution in [2.75, 3.05) is 26.3 Å². The Morgan fingerprint density at radius 1 is 1.34 bits per heavy atom. The van der Waals surface area contributed by atoms with Gasteiger partial charge in [0.1, 0.15) is 17.4 Å². The molecule has 3 N–H and O–H groups in total.